The van der Waals surface area contributed by atoms with E-state index >= 15 is 0 Å². The number of carbonyl (C=O) groups excluding carboxylic acids is 1. The number of carbonyl (C=O) groups is 1. The highest BCUT2D eigenvalue weighted by atomic mass is 32.2. The van der Waals surface area contributed by atoms with Crippen LogP contribution in [0.4, 0.5) is 0 Å². The molecule has 2 rings (SSSR count). The predicted octanol–water partition coefficient (Wildman–Crippen LogP) is 1.92. The van der Waals surface area contributed by atoms with Crippen LogP contribution in [-0.2, 0) is 0 Å². The van der Waals surface area contributed by atoms with E-state index in [0.29, 0.717) is 6.54 Å². The Hall–Kier alpha value is -0.800. The second-order valence-electron chi connectivity index (χ2n) is 3.68. The van der Waals surface area contributed by atoms with Crippen molar-refractivity contribution in [2.24, 2.45) is 0 Å². The fourth-order valence-corrected chi connectivity index (χ4v) is 2.66. The summed E-state index contributed by atoms with van der Waals surface area (Å²) >= 11 is 1.97. The average molecular weight is 221 g/mol. The van der Waals surface area contributed by atoms with Gasteiger partial charge in [-0.25, -0.2) is 0 Å². The highest BCUT2D eigenvalue weighted by Crippen LogP contribution is 2.10. The zero-order chi connectivity index (χ0) is 10.5. The number of rotatable bonds is 3. The smallest absolute Gasteiger partial charge is 0.176 e. The molecular weight excluding hydrogens is 206 g/mol. The van der Waals surface area contributed by atoms with Crippen LogP contribution in [0, 0.1) is 0 Å². The van der Waals surface area contributed by atoms with Crippen LogP contribution in [-0.4, -0.2) is 41.8 Å². The first kappa shape index (κ1) is 10.7. The van der Waals surface area contributed by atoms with Crippen LogP contribution in [0.3, 0.4) is 0 Å². The molecular formula is C12H15NOS. The van der Waals surface area contributed by atoms with E-state index in [9.17, 15) is 4.79 Å². The molecule has 1 aromatic rings. The Kier molecular flexibility index (Phi) is 3.80. The number of hydrogen-bond donors (Lipinski definition) is 0. The number of nitrogens with zero attached hydrogens (tertiary/aromatic N) is 1. The molecule has 0 N–H and O–H groups in total. The van der Waals surface area contributed by atoms with Gasteiger partial charge in [0.1, 0.15) is 0 Å². The lowest BCUT2D eigenvalue weighted by molar-refractivity contribution is 0.0937. The lowest BCUT2D eigenvalue weighted by atomic mass is 10.1. The Labute approximate surface area is 94.7 Å². The lowest BCUT2D eigenvalue weighted by Gasteiger charge is -2.25. The van der Waals surface area contributed by atoms with Crippen LogP contribution < -0.4 is 0 Å². The number of benzene rings is 1. The first-order valence-corrected chi connectivity index (χ1v) is 6.40. The fraction of sp³-hybridized carbons (Fsp3) is 0.417. The van der Waals surface area contributed by atoms with E-state index < -0.39 is 0 Å². The van der Waals surface area contributed by atoms with Crippen molar-refractivity contribution in [3.05, 3.63) is 35.9 Å². The second-order valence-corrected chi connectivity index (χ2v) is 4.90. The van der Waals surface area contributed by atoms with Crippen LogP contribution in [0.15, 0.2) is 30.3 Å². The Balaban J connectivity index is 1.91. The van der Waals surface area contributed by atoms with Crippen molar-refractivity contribution in [3.8, 4) is 0 Å². The monoisotopic (exact) mass is 221 g/mol. The van der Waals surface area contributed by atoms with E-state index in [1.165, 1.54) is 0 Å². The summed E-state index contributed by atoms with van der Waals surface area (Å²) < 4.78 is 0. The molecule has 1 aliphatic rings. The molecule has 1 fully saturated rings. The van der Waals surface area contributed by atoms with Crippen molar-refractivity contribution in [2.45, 2.75) is 0 Å². The third-order valence-corrected chi connectivity index (χ3v) is 3.51. The van der Waals surface area contributed by atoms with Gasteiger partial charge in [-0.2, -0.15) is 11.8 Å². The quantitative estimate of drug-likeness (QED) is 0.727. The zero-order valence-electron chi connectivity index (χ0n) is 8.69. The van der Waals surface area contributed by atoms with Crippen LogP contribution >= 0.6 is 11.8 Å². The molecule has 0 amide bonds. The van der Waals surface area contributed by atoms with Crippen LogP contribution in [0.5, 0.6) is 0 Å². The van der Waals surface area contributed by atoms with Crippen LogP contribution in [0.2, 0.25) is 0 Å². The van der Waals surface area contributed by atoms with Gasteiger partial charge >= 0.3 is 0 Å². The maximum atomic E-state index is 11.9. The Morgan fingerprint density at radius 1 is 1.20 bits per heavy atom. The van der Waals surface area contributed by atoms with Crippen molar-refractivity contribution >= 4 is 17.5 Å². The summed E-state index contributed by atoms with van der Waals surface area (Å²) in [5, 5.41) is 0. The number of thioether (sulfide) groups is 1. The van der Waals surface area contributed by atoms with E-state index in [2.05, 4.69) is 4.90 Å². The van der Waals surface area contributed by atoms with Gasteiger partial charge in [0.2, 0.25) is 0 Å². The van der Waals surface area contributed by atoms with Crippen LogP contribution in [0.1, 0.15) is 10.4 Å². The van der Waals surface area contributed by atoms with Gasteiger partial charge in [-0.05, 0) is 0 Å². The first-order chi connectivity index (χ1) is 7.36. The molecule has 0 atom stereocenters. The molecule has 1 saturated heterocycles. The summed E-state index contributed by atoms with van der Waals surface area (Å²) in [7, 11) is 0. The molecule has 0 aromatic heterocycles. The van der Waals surface area contributed by atoms with Gasteiger partial charge in [0.05, 0.1) is 6.54 Å². The summed E-state index contributed by atoms with van der Waals surface area (Å²) in [5.41, 5.74) is 0.829. The Bertz CT molecular complexity index is 320. The Morgan fingerprint density at radius 3 is 2.53 bits per heavy atom. The van der Waals surface area contributed by atoms with Gasteiger partial charge in [0.25, 0.3) is 0 Å². The van der Waals surface area contributed by atoms with Crippen molar-refractivity contribution in [2.75, 3.05) is 31.1 Å². The maximum absolute atomic E-state index is 11.9. The van der Waals surface area contributed by atoms with Gasteiger partial charge in [-0.15, -0.1) is 0 Å². The molecule has 0 saturated carbocycles. The summed E-state index contributed by atoms with van der Waals surface area (Å²) in [5.74, 6) is 2.55. The number of hydrogen-bond acceptors (Lipinski definition) is 3. The van der Waals surface area contributed by atoms with Gasteiger partial charge in [0.15, 0.2) is 5.78 Å². The standard InChI is InChI=1S/C12H15NOS/c14-12(11-4-2-1-3-5-11)10-13-6-8-15-9-7-13/h1-5H,6-10H2. The second kappa shape index (κ2) is 5.33. The molecule has 1 aliphatic heterocycles. The fourth-order valence-electron chi connectivity index (χ4n) is 1.68. The van der Waals surface area contributed by atoms with Crippen molar-refractivity contribution in [3.63, 3.8) is 0 Å². The van der Waals surface area contributed by atoms with Crippen molar-refractivity contribution < 1.29 is 4.79 Å². The van der Waals surface area contributed by atoms with E-state index in [1.807, 2.05) is 42.1 Å². The number of ketones is 1. The molecule has 0 unspecified atom stereocenters. The minimum absolute atomic E-state index is 0.238. The molecule has 1 aromatic carbocycles. The molecule has 15 heavy (non-hydrogen) atoms. The molecule has 0 aliphatic carbocycles. The molecule has 3 heteroatoms. The molecule has 2 nitrogen and oxygen atoms in total. The highest BCUT2D eigenvalue weighted by molar-refractivity contribution is 7.99. The molecule has 0 spiro atoms. The minimum atomic E-state index is 0.238. The van der Waals surface area contributed by atoms with Crippen molar-refractivity contribution in [1.82, 2.24) is 4.90 Å². The average Bonchev–Trinajstić information content (AvgIpc) is 2.31. The molecule has 80 valence electrons. The zero-order valence-corrected chi connectivity index (χ0v) is 9.50. The van der Waals surface area contributed by atoms with Crippen molar-refractivity contribution in [1.29, 1.82) is 0 Å². The minimum Gasteiger partial charge on any atom is -0.294 e. The third-order valence-electron chi connectivity index (χ3n) is 2.57. The summed E-state index contributed by atoms with van der Waals surface area (Å²) in [6, 6.07) is 9.55. The first-order valence-electron chi connectivity index (χ1n) is 5.24. The van der Waals surface area contributed by atoms with Gasteiger partial charge in [-0.1, -0.05) is 30.3 Å². The van der Waals surface area contributed by atoms with Gasteiger partial charge < -0.3 is 0 Å². The van der Waals surface area contributed by atoms with E-state index in [4.69, 9.17) is 0 Å². The van der Waals surface area contributed by atoms with Gasteiger partial charge in [0, 0.05) is 30.2 Å². The highest BCUT2D eigenvalue weighted by Gasteiger charge is 2.14. The maximum Gasteiger partial charge on any atom is 0.176 e. The Morgan fingerprint density at radius 2 is 1.87 bits per heavy atom. The molecule has 1 heterocycles. The van der Waals surface area contributed by atoms with E-state index in [-0.39, 0.29) is 5.78 Å². The predicted molar refractivity (Wildman–Crippen MR) is 64.5 cm³/mol. The largest absolute Gasteiger partial charge is 0.294 e. The molecule has 0 radical (unpaired) electrons. The van der Waals surface area contributed by atoms with E-state index in [0.717, 1.165) is 30.2 Å². The third kappa shape index (κ3) is 3.08. The summed E-state index contributed by atoms with van der Waals surface area (Å²) in [6.45, 7) is 2.66. The van der Waals surface area contributed by atoms with E-state index in [1.54, 1.807) is 0 Å². The lowest BCUT2D eigenvalue weighted by Crippen LogP contribution is -2.36. The van der Waals surface area contributed by atoms with Crippen LogP contribution in [0.25, 0.3) is 0 Å². The number of Topliss-reactive ketones (excluding diaryl/α,β-unsaturated/α-hetero) is 1. The topological polar surface area (TPSA) is 20.3 Å². The normalized spacial score (nSPS) is 17.6. The SMILES string of the molecule is O=C(CN1CCSCC1)c1ccccc1. The molecule has 0 bridgehead atoms. The summed E-state index contributed by atoms with van der Waals surface area (Å²) in [4.78, 5) is 14.1. The van der Waals surface area contributed by atoms with Gasteiger partial charge in [-0.3, -0.25) is 9.69 Å². The summed E-state index contributed by atoms with van der Waals surface area (Å²) in [6.07, 6.45) is 0.